The lowest BCUT2D eigenvalue weighted by Gasteiger charge is -1.98. The van der Waals surface area contributed by atoms with Crippen molar-refractivity contribution in [2.75, 3.05) is 7.11 Å². The maximum Gasteiger partial charge on any atom is 0.351 e. The Bertz CT molecular complexity index is 376. The van der Waals surface area contributed by atoms with E-state index in [9.17, 15) is 4.79 Å². The largest absolute Gasteiger partial charge is 0.465 e. The van der Waals surface area contributed by atoms with E-state index in [1.807, 2.05) is 5.87 Å². The van der Waals surface area contributed by atoms with Gasteiger partial charge in [-0.3, -0.25) is 5.41 Å². The van der Waals surface area contributed by atoms with Crippen molar-refractivity contribution in [3.63, 3.8) is 0 Å². The van der Waals surface area contributed by atoms with Crippen molar-refractivity contribution < 1.29 is 9.53 Å². The minimum Gasteiger partial charge on any atom is -0.465 e. The zero-order valence-corrected chi connectivity index (χ0v) is 7.11. The van der Waals surface area contributed by atoms with Gasteiger partial charge >= 0.3 is 5.97 Å². The monoisotopic (exact) mass is 181 g/mol. The number of carbonyl (C=O) groups excluding carboxylic acids is 1. The first-order valence-electron chi connectivity index (χ1n) is 3.31. The van der Waals surface area contributed by atoms with E-state index in [2.05, 4.69) is 20.3 Å². The van der Waals surface area contributed by atoms with Crippen LogP contribution >= 0.6 is 0 Å². The molecule has 1 N–H and O–H groups in total. The van der Waals surface area contributed by atoms with Crippen LogP contribution in [-0.4, -0.2) is 39.2 Å². The van der Waals surface area contributed by atoms with Crippen LogP contribution in [0.5, 0.6) is 0 Å². The highest BCUT2D eigenvalue weighted by Gasteiger charge is 2.18. The van der Waals surface area contributed by atoms with Crippen molar-refractivity contribution >= 4 is 17.4 Å². The number of ether oxygens (including phenoxy) is 1. The second-order valence-electron chi connectivity index (χ2n) is 2.12. The van der Waals surface area contributed by atoms with Crippen molar-refractivity contribution in [3.8, 4) is 0 Å². The Hall–Kier alpha value is -2.01. The molecule has 0 atom stereocenters. The molecule has 1 aromatic rings. The SMILES string of the molecule is COC(=O)C(=C=N)c1nnnn1C. The molecule has 7 heteroatoms. The molecule has 0 amide bonds. The second kappa shape index (κ2) is 3.59. The average Bonchev–Trinajstić information content (AvgIpc) is 2.53. The number of methoxy groups -OCH3 is 1. The van der Waals surface area contributed by atoms with Crippen LogP contribution in [0.15, 0.2) is 0 Å². The number of nitrogens with one attached hydrogen (secondary N) is 1. The number of hydrogen-bond donors (Lipinski definition) is 1. The lowest BCUT2D eigenvalue weighted by Crippen LogP contribution is -2.09. The highest BCUT2D eigenvalue weighted by Crippen LogP contribution is 2.06. The number of tetrazole rings is 1. The molecule has 0 aromatic carbocycles. The molecule has 0 spiro atoms. The van der Waals surface area contributed by atoms with Crippen molar-refractivity contribution in [2.45, 2.75) is 0 Å². The van der Waals surface area contributed by atoms with E-state index in [0.29, 0.717) is 0 Å². The smallest absolute Gasteiger partial charge is 0.351 e. The van der Waals surface area contributed by atoms with E-state index in [4.69, 9.17) is 5.41 Å². The minimum atomic E-state index is -0.687. The highest BCUT2D eigenvalue weighted by molar-refractivity contribution is 6.24. The number of aromatic nitrogens is 4. The number of esters is 1. The first kappa shape index (κ1) is 9.08. The van der Waals surface area contributed by atoms with E-state index in [1.165, 1.54) is 11.8 Å². The lowest BCUT2D eigenvalue weighted by molar-refractivity contribution is -0.133. The van der Waals surface area contributed by atoms with Crippen LogP contribution in [0, 0.1) is 5.41 Å². The Labute approximate surface area is 73.5 Å². The van der Waals surface area contributed by atoms with Gasteiger partial charge in [-0.05, 0) is 16.3 Å². The first-order valence-corrected chi connectivity index (χ1v) is 3.31. The molecular formula is C6H7N5O2. The summed E-state index contributed by atoms with van der Waals surface area (Å²) in [6, 6.07) is 0. The summed E-state index contributed by atoms with van der Waals surface area (Å²) < 4.78 is 5.67. The molecule has 0 radical (unpaired) electrons. The molecule has 1 rings (SSSR count). The summed E-state index contributed by atoms with van der Waals surface area (Å²) >= 11 is 0. The summed E-state index contributed by atoms with van der Waals surface area (Å²) in [5.74, 6) is 1.39. The van der Waals surface area contributed by atoms with Gasteiger partial charge in [-0.1, -0.05) is 0 Å². The van der Waals surface area contributed by atoms with Gasteiger partial charge in [0.25, 0.3) is 0 Å². The molecular weight excluding hydrogens is 174 g/mol. The zero-order chi connectivity index (χ0) is 9.84. The Morgan fingerprint density at radius 2 is 2.38 bits per heavy atom. The van der Waals surface area contributed by atoms with Crippen molar-refractivity contribution in [2.24, 2.45) is 7.05 Å². The highest BCUT2D eigenvalue weighted by atomic mass is 16.5. The van der Waals surface area contributed by atoms with Crippen LogP contribution in [0.1, 0.15) is 5.82 Å². The van der Waals surface area contributed by atoms with Crippen molar-refractivity contribution in [1.82, 2.24) is 20.2 Å². The summed E-state index contributed by atoms with van der Waals surface area (Å²) in [6.07, 6.45) is 0. The molecule has 1 aromatic heterocycles. The molecule has 0 aliphatic rings. The van der Waals surface area contributed by atoms with E-state index in [-0.39, 0.29) is 11.4 Å². The maximum absolute atomic E-state index is 11.0. The van der Waals surface area contributed by atoms with Gasteiger partial charge in [0.2, 0.25) is 0 Å². The number of nitrogens with zero attached hydrogens (tertiary/aromatic N) is 4. The van der Waals surface area contributed by atoms with Crippen LogP contribution in [0.3, 0.4) is 0 Å². The quantitative estimate of drug-likeness (QED) is 0.359. The van der Waals surface area contributed by atoms with E-state index in [0.717, 1.165) is 0 Å². The molecule has 7 nitrogen and oxygen atoms in total. The fourth-order valence-corrected chi connectivity index (χ4v) is 0.742. The first-order chi connectivity index (χ1) is 6.20. The molecule has 0 aliphatic carbocycles. The summed E-state index contributed by atoms with van der Waals surface area (Å²) in [6.45, 7) is 0. The topological polar surface area (TPSA) is 93.8 Å². The van der Waals surface area contributed by atoms with Crippen LogP contribution in [0.4, 0.5) is 0 Å². The van der Waals surface area contributed by atoms with Gasteiger partial charge in [-0.25, -0.2) is 9.48 Å². The fourth-order valence-electron chi connectivity index (χ4n) is 0.742. The predicted octanol–water partition coefficient (Wildman–Crippen LogP) is -0.985. The lowest BCUT2D eigenvalue weighted by atomic mass is 10.3. The van der Waals surface area contributed by atoms with Crippen molar-refractivity contribution in [3.05, 3.63) is 5.82 Å². The van der Waals surface area contributed by atoms with Crippen LogP contribution in [0.2, 0.25) is 0 Å². The maximum atomic E-state index is 11.0. The Kier molecular flexibility index (Phi) is 2.51. The Morgan fingerprint density at radius 1 is 1.69 bits per heavy atom. The molecule has 68 valence electrons. The summed E-state index contributed by atoms with van der Waals surface area (Å²) in [5, 5.41) is 17.2. The van der Waals surface area contributed by atoms with Gasteiger partial charge in [0.05, 0.1) is 7.11 Å². The third-order valence-electron chi connectivity index (χ3n) is 1.36. The van der Waals surface area contributed by atoms with Gasteiger partial charge in [0.15, 0.2) is 11.4 Å². The zero-order valence-electron chi connectivity index (χ0n) is 7.11. The predicted molar refractivity (Wildman–Crippen MR) is 41.9 cm³/mol. The normalized spacial score (nSPS) is 9.08. The summed E-state index contributed by atoms with van der Waals surface area (Å²) in [4.78, 5) is 11.0. The second-order valence-corrected chi connectivity index (χ2v) is 2.12. The molecule has 0 unspecified atom stereocenters. The molecule has 0 aliphatic heterocycles. The van der Waals surface area contributed by atoms with E-state index >= 15 is 0 Å². The minimum absolute atomic E-state index is 0.102. The van der Waals surface area contributed by atoms with Crippen LogP contribution < -0.4 is 0 Å². The third kappa shape index (κ3) is 1.60. The number of carbonyl (C=O) groups is 1. The van der Waals surface area contributed by atoms with Crippen molar-refractivity contribution in [1.29, 1.82) is 5.41 Å². The number of hydrogen-bond acceptors (Lipinski definition) is 6. The standard InChI is InChI=1S/C6H7N5O2/c1-11-5(8-9-10-11)4(3-7)6(12)13-2/h7H,1-2H3. The molecule has 0 saturated heterocycles. The molecule has 1 heterocycles. The van der Waals surface area contributed by atoms with Gasteiger partial charge in [-0.15, -0.1) is 5.10 Å². The van der Waals surface area contributed by atoms with Crippen LogP contribution in [0.25, 0.3) is 5.57 Å². The summed E-state index contributed by atoms with van der Waals surface area (Å²) in [7, 11) is 2.76. The Morgan fingerprint density at radius 3 is 2.77 bits per heavy atom. The van der Waals surface area contributed by atoms with Gasteiger partial charge in [0, 0.05) is 7.05 Å². The molecule has 13 heavy (non-hydrogen) atoms. The molecule has 0 bridgehead atoms. The number of aryl methyl sites for hydroxylation is 1. The Balaban J connectivity index is 3.14. The molecule has 0 saturated carbocycles. The van der Waals surface area contributed by atoms with Crippen LogP contribution in [-0.2, 0) is 16.6 Å². The van der Waals surface area contributed by atoms with E-state index in [1.54, 1.807) is 7.05 Å². The average molecular weight is 181 g/mol. The summed E-state index contributed by atoms with van der Waals surface area (Å²) in [5.41, 5.74) is -0.102. The van der Waals surface area contributed by atoms with Gasteiger partial charge < -0.3 is 4.74 Å². The third-order valence-corrected chi connectivity index (χ3v) is 1.36. The van der Waals surface area contributed by atoms with Gasteiger partial charge in [-0.2, -0.15) is 0 Å². The van der Waals surface area contributed by atoms with E-state index < -0.39 is 5.97 Å². The number of rotatable bonds is 2. The fraction of sp³-hybridized carbons (Fsp3) is 0.333. The molecule has 0 fully saturated rings. The van der Waals surface area contributed by atoms with Gasteiger partial charge in [0.1, 0.15) is 0 Å².